The second-order valence-electron chi connectivity index (χ2n) is 6.64. The Labute approximate surface area is 192 Å². The van der Waals surface area contributed by atoms with E-state index in [1.54, 1.807) is 0 Å². The predicted molar refractivity (Wildman–Crippen MR) is 108 cm³/mol. The van der Waals surface area contributed by atoms with Crippen LogP contribution in [0.3, 0.4) is 0 Å². The Morgan fingerprint density at radius 2 is 1.34 bits per heavy atom. The van der Waals surface area contributed by atoms with Gasteiger partial charge in [0.25, 0.3) is 5.91 Å². The topological polar surface area (TPSA) is 83.6 Å². The molecule has 6 heteroatoms. The van der Waals surface area contributed by atoms with Crippen molar-refractivity contribution < 1.29 is 44.3 Å². The minimum absolute atomic E-state index is 0. The minimum Gasteiger partial charge on any atom is -0.507 e. The van der Waals surface area contributed by atoms with Gasteiger partial charge in [-0.2, -0.15) is 0 Å². The first-order valence-electron chi connectivity index (χ1n) is 8.99. The number of amides is 1. The average Bonchev–Trinajstić information content (AvgIpc) is 2.69. The fourth-order valence-corrected chi connectivity index (χ4v) is 3.05. The summed E-state index contributed by atoms with van der Waals surface area (Å²) in [7, 11) is 0. The van der Waals surface area contributed by atoms with Gasteiger partial charge in [-0.25, -0.2) is 0 Å². The van der Waals surface area contributed by atoms with Crippen molar-refractivity contribution in [1.29, 1.82) is 0 Å². The minimum atomic E-state index is -0.766. The van der Waals surface area contributed by atoms with Crippen LogP contribution in [0.25, 0.3) is 0 Å². The molecule has 0 spiro atoms. The van der Waals surface area contributed by atoms with E-state index in [2.05, 4.69) is 0 Å². The third-order valence-corrected chi connectivity index (χ3v) is 4.45. The number of ketones is 1. The molecule has 0 aliphatic rings. The number of aromatic hydroxyl groups is 1. The zero-order valence-corrected chi connectivity index (χ0v) is 18.4. The molecule has 5 nitrogen and oxygen atoms in total. The van der Waals surface area contributed by atoms with Crippen LogP contribution in [0.4, 0.5) is 0 Å². The first-order valence-corrected chi connectivity index (χ1v) is 8.99. The summed E-state index contributed by atoms with van der Waals surface area (Å²) in [6.45, 7) is 1.40. The van der Waals surface area contributed by atoms with Gasteiger partial charge in [0.05, 0.1) is 12.1 Å². The van der Waals surface area contributed by atoms with Gasteiger partial charge in [-0.3, -0.25) is 14.5 Å². The Balaban J connectivity index is 0.00000300. The van der Waals surface area contributed by atoms with Gasteiger partial charge in [0.2, 0.25) is 0 Å². The third-order valence-electron chi connectivity index (χ3n) is 4.45. The van der Waals surface area contributed by atoms with E-state index in [0.29, 0.717) is 18.7 Å². The van der Waals surface area contributed by atoms with E-state index >= 15 is 0 Å². The van der Waals surface area contributed by atoms with Gasteiger partial charge >= 0.3 is 29.6 Å². The molecule has 0 saturated carbocycles. The summed E-state index contributed by atoms with van der Waals surface area (Å²) in [5, 5.41) is 9.74. The molecule has 0 unspecified atom stereocenters. The van der Waals surface area contributed by atoms with Crippen LogP contribution >= 0.6 is 0 Å². The number of rotatable bonds is 8. The number of phenols is 1. The van der Waals surface area contributed by atoms with Crippen molar-refractivity contribution in [1.82, 2.24) is 4.90 Å². The standard InChI is InChI=1S/C23H22N2O3.Na/c24-23(28)20-13-19(11-12-21(20)26)22(27)16-25(14-17-7-3-1-4-8-17)15-18-9-5-2-6-10-18;/h1-13,26H,14-16H2,(H2,24,28);/q;+1. The zero-order chi connectivity index (χ0) is 19.9. The van der Waals surface area contributed by atoms with Crippen LogP contribution in [-0.2, 0) is 13.1 Å². The summed E-state index contributed by atoms with van der Waals surface area (Å²) in [5.74, 6) is -1.14. The van der Waals surface area contributed by atoms with E-state index in [9.17, 15) is 14.7 Å². The van der Waals surface area contributed by atoms with Crippen LogP contribution in [0.2, 0.25) is 0 Å². The number of benzene rings is 3. The molecular weight excluding hydrogens is 375 g/mol. The van der Waals surface area contributed by atoms with Gasteiger partial charge in [0.1, 0.15) is 5.75 Å². The van der Waals surface area contributed by atoms with Gasteiger partial charge in [-0.05, 0) is 29.3 Å². The molecule has 29 heavy (non-hydrogen) atoms. The molecule has 0 aromatic heterocycles. The molecule has 0 bridgehead atoms. The summed E-state index contributed by atoms with van der Waals surface area (Å²) in [4.78, 5) is 26.3. The molecule has 142 valence electrons. The van der Waals surface area contributed by atoms with Crippen molar-refractivity contribution in [2.75, 3.05) is 6.54 Å². The Hall–Kier alpha value is -2.44. The number of primary amides is 1. The Morgan fingerprint density at radius 3 is 1.83 bits per heavy atom. The van der Waals surface area contributed by atoms with Crippen molar-refractivity contribution in [2.45, 2.75) is 13.1 Å². The summed E-state index contributed by atoms with van der Waals surface area (Å²) in [5.41, 5.74) is 7.77. The van der Waals surface area contributed by atoms with E-state index in [1.807, 2.05) is 65.6 Å². The molecule has 0 atom stereocenters. The average molecular weight is 397 g/mol. The largest absolute Gasteiger partial charge is 1.00 e. The molecule has 0 fully saturated rings. The molecule has 3 aromatic carbocycles. The first-order chi connectivity index (χ1) is 13.5. The van der Waals surface area contributed by atoms with Crippen LogP contribution < -0.4 is 35.3 Å². The Morgan fingerprint density at radius 1 is 0.828 bits per heavy atom. The number of hydrogen-bond donors (Lipinski definition) is 2. The molecule has 0 aliphatic carbocycles. The van der Waals surface area contributed by atoms with Crippen molar-refractivity contribution in [3.05, 3.63) is 101 Å². The molecule has 1 amide bonds. The fourth-order valence-electron chi connectivity index (χ4n) is 3.05. The third kappa shape index (κ3) is 6.54. The smallest absolute Gasteiger partial charge is 0.507 e. The Kier molecular flexibility index (Phi) is 8.61. The van der Waals surface area contributed by atoms with Gasteiger partial charge in [-0.15, -0.1) is 0 Å². The van der Waals surface area contributed by atoms with Gasteiger partial charge in [0.15, 0.2) is 5.78 Å². The first kappa shape index (κ1) is 22.8. The van der Waals surface area contributed by atoms with Crippen LogP contribution in [0.5, 0.6) is 5.75 Å². The van der Waals surface area contributed by atoms with E-state index in [0.717, 1.165) is 11.1 Å². The maximum atomic E-state index is 12.8. The molecule has 3 aromatic rings. The normalized spacial score (nSPS) is 10.4. The summed E-state index contributed by atoms with van der Waals surface area (Å²) < 4.78 is 0. The second kappa shape index (κ2) is 10.9. The number of nitrogens with zero attached hydrogens (tertiary/aromatic N) is 1. The van der Waals surface area contributed by atoms with E-state index in [-0.39, 0.29) is 53.2 Å². The number of Topliss-reactive ketones (excluding diaryl/α,β-unsaturated/α-hetero) is 1. The maximum Gasteiger partial charge on any atom is 1.00 e. The van der Waals surface area contributed by atoms with E-state index < -0.39 is 5.91 Å². The molecule has 0 heterocycles. The zero-order valence-electron chi connectivity index (χ0n) is 16.4. The van der Waals surface area contributed by atoms with Crippen LogP contribution in [0, 0.1) is 0 Å². The van der Waals surface area contributed by atoms with Crippen LogP contribution in [0.1, 0.15) is 31.8 Å². The van der Waals surface area contributed by atoms with Crippen molar-refractivity contribution >= 4 is 11.7 Å². The van der Waals surface area contributed by atoms with E-state index in [4.69, 9.17) is 5.73 Å². The number of carbonyl (C=O) groups excluding carboxylic acids is 2. The van der Waals surface area contributed by atoms with Crippen molar-refractivity contribution in [3.63, 3.8) is 0 Å². The monoisotopic (exact) mass is 397 g/mol. The summed E-state index contributed by atoms with van der Waals surface area (Å²) in [6, 6.07) is 24.1. The predicted octanol–water partition coefficient (Wildman–Crippen LogP) is 0.380. The van der Waals surface area contributed by atoms with Gasteiger partial charge in [-0.1, -0.05) is 60.7 Å². The summed E-state index contributed by atoms with van der Waals surface area (Å²) >= 11 is 0. The quantitative estimate of drug-likeness (QED) is 0.425. The van der Waals surface area contributed by atoms with Crippen molar-refractivity contribution in [3.8, 4) is 5.75 Å². The van der Waals surface area contributed by atoms with Crippen LogP contribution in [-0.4, -0.2) is 28.2 Å². The SMILES string of the molecule is NC(=O)c1cc(C(=O)CN(Cc2ccccc2)Cc2ccccc2)ccc1O.[Na+]. The molecule has 0 radical (unpaired) electrons. The summed E-state index contributed by atoms with van der Waals surface area (Å²) in [6.07, 6.45) is 0. The van der Waals surface area contributed by atoms with E-state index in [1.165, 1.54) is 18.2 Å². The van der Waals surface area contributed by atoms with Gasteiger partial charge in [0, 0.05) is 18.7 Å². The van der Waals surface area contributed by atoms with Crippen molar-refractivity contribution in [2.24, 2.45) is 5.73 Å². The number of nitrogens with two attached hydrogens (primary N) is 1. The maximum absolute atomic E-state index is 12.8. The molecule has 3 rings (SSSR count). The molecule has 0 aliphatic heterocycles. The molecule has 0 saturated heterocycles. The second-order valence-corrected chi connectivity index (χ2v) is 6.64. The van der Waals surface area contributed by atoms with Crippen LogP contribution in [0.15, 0.2) is 78.9 Å². The molecule has 3 N–H and O–H groups in total. The Bertz CT molecular complexity index is 921. The fraction of sp³-hybridized carbons (Fsp3) is 0.130. The molecular formula is C23H22N2NaO3+. The number of hydrogen-bond acceptors (Lipinski definition) is 4. The number of carbonyl (C=O) groups is 2. The van der Waals surface area contributed by atoms with Gasteiger partial charge < -0.3 is 10.8 Å².